The fraction of sp³-hybridized carbons (Fsp3) is 0.333. The van der Waals surface area contributed by atoms with E-state index >= 15 is 0 Å². The van der Waals surface area contributed by atoms with E-state index in [0.29, 0.717) is 0 Å². The van der Waals surface area contributed by atoms with Crippen LogP contribution in [0.3, 0.4) is 0 Å². The molecule has 74 valence electrons. The second kappa shape index (κ2) is 3.36. The van der Waals surface area contributed by atoms with Gasteiger partial charge in [-0.05, 0) is 6.07 Å². The average molecular weight is 192 g/mol. The summed E-state index contributed by atoms with van der Waals surface area (Å²) in [5.74, 6) is 0. The molecule has 0 saturated carbocycles. The van der Waals surface area contributed by atoms with E-state index in [1.54, 1.807) is 4.68 Å². The van der Waals surface area contributed by atoms with Crippen molar-refractivity contribution >= 4 is 11.0 Å². The predicted octanol–water partition coefficient (Wildman–Crippen LogP) is -0.0396. The van der Waals surface area contributed by atoms with Gasteiger partial charge in [0.2, 0.25) is 0 Å². The SMILES string of the molecule is Cn1nnc2c(C(N)CO)cccc21. The molecule has 0 aliphatic rings. The number of aliphatic hydroxyl groups is 1. The molecule has 1 aromatic carbocycles. The lowest BCUT2D eigenvalue weighted by Crippen LogP contribution is -2.14. The highest BCUT2D eigenvalue weighted by atomic mass is 16.3. The second-order valence-electron chi connectivity index (χ2n) is 3.22. The maximum absolute atomic E-state index is 8.97. The van der Waals surface area contributed by atoms with Crippen LogP contribution in [0.15, 0.2) is 18.2 Å². The summed E-state index contributed by atoms with van der Waals surface area (Å²) in [5.41, 5.74) is 8.26. The van der Waals surface area contributed by atoms with Crippen LogP contribution in [0, 0.1) is 0 Å². The van der Waals surface area contributed by atoms with Crippen molar-refractivity contribution in [3.05, 3.63) is 23.8 Å². The van der Waals surface area contributed by atoms with Gasteiger partial charge >= 0.3 is 0 Å². The van der Waals surface area contributed by atoms with Gasteiger partial charge in [0.1, 0.15) is 5.52 Å². The Kier molecular flexibility index (Phi) is 2.18. The molecule has 2 rings (SSSR count). The van der Waals surface area contributed by atoms with E-state index in [2.05, 4.69) is 10.3 Å². The Labute approximate surface area is 81.1 Å². The maximum Gasteiger partial charge on any atom is 0.118 e. The zero-order chi connectivity index (χ0) is 10.1. The summed E-state index contributed by atoms with van der Waals surface area (Å²) in [5, 5.41) is 16.9. The number of aromatic nitrogens is 3. The van der Waals surface area contributed by atoms with Gasteiger partial charge in [0.25, 0.3) is 0 Å². The topological polar surface area (TPSA) is 77.0 Å². The highest BCUT2D eigenvalue weighted by Gasteiger charge is 2.11. The molecule has 0 bridgehead atoms. The molecule has 3 N–H and O–H groups in total. The first-order valence-electron chi connectivity index (χ1n) is 4.38. The fourth-order valence-corrected chi connectivity index (χ4v) is 1.48. The Balaban J connectivity index is 2.65. The van der Waals surface area contributed by atoms with E-state index in [1.165, 1.54) is 0 Å². The van der Waals surface area contributed by atoms with Crippen molar-refractivity contribution in [2.75, 3.05) is 6.61 Å². The van der Waals surface area contributed by atoms with Crippen molar-refractivity contribution in [2.45, 2.75) is 6.04 Å². The Morgan fingerprint density at radius 2 is 2.36 bits per heavy atom. The van der Waals surface area contributed by atoms with Crippen LogP contribution >= 0.6 is 0 Å². The third-order valence-corrected chi connectivity index (χ3v) is 2.27. The van der Waals surface area contributed by atoms with E-state index in [1.807, 2.05) is 25.2 Å². The molecule has 0 radical (unpaired) electrons. The molecule has 5 heteroatoms. The van der Waals surface area contributed by atoms with E-state index in [0.717, 1.165) is 16.6 Å². The Hall–Kier alpha value is -1.46. The molecule has 1 aromatic heterocycles. The van der Waals surface area contributed by atoms with Crippen LogP contribution in [-0.4, -0.2) is 26.7 Å². The lowest BCUT2D eigenvalue weighted by Gasteiger charge is -2.07. The van der Waals surface area contributed by atoms with Gasteiger partial charge in [-0.3, -0.25) is 0 Å². The van der Waals surface area contributed by atoms with Crippen molar-refractivity contribution in [2.24, 2.45) is 12.8 Å². The summed E-state index contributed by atoms with van der Waals surface area (Å²) >= 11 is 0. The number of nitrogens with two attached hydrogens (primary N) is 1. The Morgan fingerprint density at radius 3 is 3.07 bits per heavy atom. The number of fused-ring (bicyclic) bond motifs is 1. The Bertz CT molecular complexity index is 451. The van der Waals surface area contributed by atoms with Gasteiger partial charge in [-0.1, -0.05) is 17.3 Å². The minimum atomic E-state index is -0.393. The normalized spacial score (nSPS) is 13.4. The van der Waals surface area contributed by atoms with Crippen LogP contribution in [-0.2, 0) is 7.05 Å². The monoisotopic (exact) mass is 192 g/mol. The van der Waals surface area contributed by atoms with Crippen molar-refractivity contribution in [1.82, 2.24) is 15.0 Å². The highest BCUT2D eigenvalue weighted by Crippen LogP contribution is 2.19. The summed E-state index contributed by atoms with van der Waals surface area (Å²) in [6.07, 6.45) is 0. The zero-order valence-corrected chi connectivity index (χ0v) is 7.88. The molecule has 0 spiro atoms. The molecule has 0 amide bonds. The quantitative estimate of drug-likeness (QED) is 0.700. The minimum absolute atomic E-state index is 0.0876. The summed E-state index contributed by atoms with van der Waals surface area (Å²) in [7, 11) is 1.82. The molecular weight excluding hydrogens is 180 g/mol. The fourth-order valence-electron chi connectivity index (χ4n) is 1.48. The van der Waals surface area contributed by atoms with E-state index in [9.17, 15) is 0 Å². The van der Waals surface area contributed by atoms with Crippen LogP contribution in [0.25, 0.3) is 11.0 Å². The largest absolute Gasteiger partial charge is 0.394 e. The van der Waals surface area contributed by atoms with Gasteiger partial charge in [0.15, 0.2) is 0 Å². The number of benzene rings is 1. The van der Waals surface area contributed by atoms with Crippen LogP contribution in [0.2, 0.25) is 0 Å². The third-order valence-electron chi connectivity index (χ3n) is 2.27. The number of hydrogen-bond acceptors (Lipinski definition) is 4. The molecule has 1 unspecified atom stereocenters. The first-order valence-corrected chi connectivity index (χ1v) is 4.38. The van der Waals surface area contributed by atoms with E-state index in [-0.39, 0.29) is 6.61 Å². The number of rotatable bonds is 2. The predicted molar refractivity (Wildman–Crippen MR) is 52.5 cm³/mol. The van der Waals surface area contributed by atoms with E-state index in [4.69, 9.17) is 10.8 Å². The molecule has 0 aliphatic carbocycles. The first kappa shape index (κ1) is 9.11. The standard InChI is InChI=1S/C9H12N4O/c1-13-8-4-2-3-6(7(10)5-14)9(8)11-12-13/h2-4,7,14H,5,10H2,1H3. The third kappa shape index (κ3) is 1.26. The lowest BCUT2D eigenvalue weighted by molar-refractivity contribution is 0.268. The van der Waals surface area contributed by atoms with Gasteiger partial charge < -0.3 is 10.8 Å². The molecule has 2 aromatic rings. The van der Waals surface area contributed by atoms with Gasteiger partial charge in [-0.25, -0.2) is 4.68 Å². The van der Waals surface area contributed by atoms with Crippen LogP contribution in [0.4, 0.5) is 0 Å². The minimum Gasteiger partial charge on any atom is -0.394 e. The first-order chi connectivity index (χ1) is 6.74. The summed E-state index contributed by atoms with van der Waals surface area (Å²) in [4.78, 5) is 0. The number of aryl methyl sites for hydroxylation is 1. The second-order valence-corrected chi connectivity index (χ2v) is 3.22. The van der Waals surface area contributed by atoms with Crippen molar-refractivity contribution in [3.8, 4) is 0 Å². The number of nitrogens with zero attached hydrogens (tertiary/aromatic N) is 3. The summed E-state index contributed by atoms with van der Waals surface area (Å²) in [6.45, 7) is -0.0876. The lowest BCUT2D eigenvalue weighted by atomic mass is 10.1. The zero-order valence-electron chi connectivity index (χ0n) is 7.88. The Morgan fingerprint density at radius 1 is 1.57 bits per heavy atom. The average Bonchev–Trinajstić information content (AvgIpc) is 2.59. The van der Waals surface area contributed by atoms with Crippen LogP contribution < -0.4 is 5.73 Å². The molecule has 1 atom stereocenters. The molecule has 1 heterocycles. The molecule has 14 heavy (non-hydrogen) atoms. The number of hydrogen-bond donors (Lipinski definition) is 2. The summed E-state index contributed by atoms with van der Waals surface area (Å²) in [6, 6.07) is 5.27. The van der Waals surface area contributed by atoms with Gasteiger partial charge in [0.05, 0.1) is 18.2 Å². The van der Waals surface area contributed by atoms with Gasteiger partial charge in [0, 0.05) is 12.6 Å². The molecule has 0 saturated heterocycles. The highest BCUT2D eigenvalue weighted by molar-refractivity contribution is 5.78. The maximum atomic E-state index is 8.97. The molecule has 5 nitrogen and oxygen atoms in total. The van der Waals surface area contributed by atoms with Crippen LogP contribution in [0.1, 0.15) is 11.6 Å². The van der Waals surface area contributed by atoms with Crippen molar-refractivity contribution in [1.29, 1.82) is 0 Å². The van der Waals surface area contributed by atoms with Crippen molar-refractivity contribution in [3.63, 3.8) is 0 Å². The van der Waals surface area contributed by atoms with Crippen molar-refractivity contribution < 1.29 is 5.11 Å². The number of aliphatic hydroxyl groups excluding tert-OH is 1. The smallest absolute Gasteiger partial charge is 0.118 e. The van der Waals surface area contributed by atoms with Gasteiger partial charge in [-0.2, -0.15) is 0 Å². The molecule has 0 aliphatic heterocycles. The molecular formula is C9H12N4O. The van der Waals surface area contributed by atoms with Crippen LogP contribution in [0.5, 0.6) is 0 Å². The molecule has 0 fully saturated rings. The van der Waals surface area contributed by atoms with Gasteiger partial charge in [-0.15, -0.1) is 5.10 Å². The van der Waals surface area contributed by atoms with E-state index < -0.39 is 6.04 Å². The summed E-state index contributed by atoms with van der Waals surface area (Å²) < 4.78 is 1.68.